The van der Waals surface area contributed by atoms with Crippen LogP contribution >= 0.6 is 23.2 Å². The molecule has 0 amide bonds. The Bertz CT molecular complexity index is 391. The zero-order valence-electron chi connectivity index (χ0n) is 9.19. The van der Waals surface area contributed by atoms with Gasteiger partial charge < -0.3 is 9.47 Å². The maximum absolute atomic E-state index is 6.00. The molecule has 0 aliphatic carbocycles. The molecule has 0 N–H and O–H groups in total. The van der Waals surface area contributed by atoms with Crippen molar-refractivity contribution in [2.45, 2.75) is 31.5 Å². The van der Waals surface area contributed by atoms with Crippen molar-refractivity contribution in [1.29, 1.82) is 0 Å². The molecule has 1 aromatic carbocycles. The summed E-state index contributed by atoms with van der Waals surface area (Å²) in [6.45, 7) is 2.42. The normalized spacial score (nSPS) is 13.2. The Labute approximate surface area is 105 Å². The van der Waals surface area contributed by atoms with E-state index in [1.165, 1.54) is 5.56 Å². The first kappa shape index (κ1) is 11.9. The summed E-state index contributed by atoms with van der Waals surface area (Å²) in [5.74, 6) is 2.44. The van der Waals surface area contributed by atoms with Gasteiger partial charge in [0.1, 0.15) is 0 Å². The highest BCUT2D eigenvalue weighted by Crippen LogP contribution is 2.41. The molecule has 1 aliphatic rings. The molecule has 0 aromatic heterocycles. The number of hydrogen-bond acceptors (Lipinski definition) is 2. The van der Waals surface area contributed by atoms with Gasteiger partial charge in [0, 0.05) is 11.4 Å². The molecule has 0 bridgehead atoms. The highest BCUT2D eigenvalue weighted by Gasteiger charge is 2.22. The Morgan fingerprint density at radius 2 is 1.94 bits per heavy atom. The molecule has 4 heteroatoms. The summed E-state index contributed by atoms with van der Waals surface area (Å²) >= 11 is 12.0. The first-order valence-electron chi connectivity index (χ1n) is 5.37. The SMILES string of the molecule is CCCc1cc2c(c(CCl)c1CCl)OCO2. The van der Waals surface area contributed by atoms with Crippen molar-refractivity contribution in [2.24, 2.45) is 0 Å². The van der Waals surface area contributed by atoms with Crippen molar-refractivity contribution in [3.8, 4) is 11.5 Å². The fraction of sp³-hybridized carbons (Fsp3) is 0.500. The number of hydrogen-bond donors (Lipinski definition) is 0. The average Bonchev–Trinajstić information content (AvgIpc) is 2.75. The van der Waals surface area contributed by atoms with Gasteiger partial charge in [-0.3, -0.25) is 0 Å². The van der Waals surface area contributed by atoms with Crippen LogP contribution in [0.3, 0.4) is 0 Å². The molecule has 0 atom stereocenters. The zero-order chi connectivity index (χ0) is 11.5. The summed E-state index contributed by atoms with van der Waals surface area (Å²) in [4.78, 5) is 0. The lowest BCUT2D eigenvalue weighted by Gasteiger charge is -2.13. The summed E-state index contributed by atoms with van der Waals surface area (Å²) in [7, 11) is 0. The Morgan fingerprint density at radius 3 is 2.56 bits per heavy atom. The van der Waals surface area contributed by atoms with E-state index in [9.17, 15) is 0 Å². The van der Waals surface area contributed by atoms with Crippen LogP contribution in [0.4, 0.5) is 0 Å². The number of benzene rings is 1. The Morgan fingerprint density at radius 1 is 1.19 bits per heavy atom. The monoisotopic (exact) mass is 260 g/mol. The molecule has 1 aromatic rings. The lowest BCUT2D eigenvalue weighted by Crippen LogP contribution is -1.99. The molecule has 0 saturated carbocycles. The average molecular weight is 261 g/mol. The molecule has 16 heavy (non-hydrogen) atoms. The van der Waals surface area contributed by atoms with Crippen LogP contribution in [-0.4, -0.2) is 6.79 Å². The van der Waals surface area contributed by atoms with Gasteiger partial charge in [0.2, 0.25) is 6.79 Å². The molecule has 1 heterocycles. The maximum Gasteiger partial charge on any atom is 0.231 e. The minimum Gasteiger partial charge on any atom is -0.454 e. The molecule has 0 unspecified atom stereocenters. The molecule has 2 rings (SSSR count). The number of aryl methyl sites for hydroxylation is 1. The van der Waals surface area contributed by atoms with E-state index < -0.39 is 0 Å². The van der Waals surface area contributed by atoms with Crippen LogP contribution in [0.1, 0.15) is 30.0 Å². The van der Waals surface area contributed by atoms with Gasteiger partial charge in [0.15, 0.2) is 11.5 Å². The first-order chi connectivity index (χ1) is 7.81. The van der Waals surface area contributed by atoms with Crippen molar-refractivity contribution in [3.05, 3.63) is 22.8 Å². The number of fused-ring (bicyclic) bond motifs is 1. The second-order valence-corrected chi connectivity index (χ2v) is 4.28. The van der Waals surface area contributed by atoms with Crippen LogP contribution in [0.2, 0.25) is 0 Å². The highest BCUT2D eigenvalue weighted by molar-refractivity contribution is 6.19. The van der Waals surface area contributed by atoms with E-state index in [1.807, 2.05) is 6.07 Å². The molecule has 0 saturated heterocycles. The lowest BCUT2D eigenvalue weighted by atomic mass is 9.98. The number of halogens is 2. The molecule has 88 valence electrons. The van der Waals surface area contributed by atoms with E-state index in [2.05, 4.69) is 6.92 Å². The third-order valence-electron chi connectivity index (χ3n) is 2.76. The number of rotatable bonds is 4. The fourth-order valence-corrected chi connectivity index (χ4v) is 2.62. The van der Waals surface area contributed by atoms with Gasteiger partial charge in [-0.1, -0.05) is 13.3 Å². The third-order valence-corrected chi connectivity index (χ3v) is 3.29. The van der Waals surface area contributed by atoms with E-state index in [0.29, 0.717) is 11.8 Å². The lowest BCUT2D eigenvalue weighted by molar-refractivity contribution is 0.173. The fourth-order valence-electron chi connectivity index (χ4n) is 2.01. The number of ether oxygens (including phenoxy) is 2. The van der Waals surface area contributed by atoms with Crippen LogP contribution in [-0.2, 0) is 18.2 Å². The molecule has 0 radical (unpaired) electrons. The highest BCUT2D eigenvalue weighted by atomic mass is 35.5. The maximum atomic E-state index is 6.00. The Kier molecular flexibility index (Phi) is 3.82. The van der Waals surface area contributed by atoms with Crippen LogP contribution in [0.15, 0.2) is 6.07 Å². The van der Waals surface area contributed by atoms with Crippen molar-refractivity contribution in [3.63, 3.8) is 0 Å². The first-order valence-corrected chi connectivity index (χ1v) is 6.43. The predicted octanol–water partition coefficient (Wildman–Crippen LogP) is 3.85. The minimum absolute atomic E-state index is 0.274. The van der Waals surface area contributed by atoms with Gasteiger partial charge >= 0.3 is 0 Å². The van der Waals surface area contributed by atoms with Crippen molar-refractivity contribution < 1.29 is 9.47 Å². The standard InChI is InChI=1S/C12H14Cl2O2/c1-2-3-8-4-11-12(16-7-15-11)10(6-14)9(8)5-13/h4H,2-3,5-7H2,1H3. The van der Waals surface area contributed by atoms with E-state index >= 15 is 0 Å². The van der Waals surface area contributed by atoms with E-state index in [-0.39, 0.29) is 6.79 Å². The molecule has 0 fully saturated rings. The van der Waals surface area contributed by atoms with Crippen molar-refractivity contribution in [1.82, 2.24) is 0 Å². The van der Waals surface area contributed by atoms with Gasteiger partial charge in [0.25, 0.3) is 0 Å². The summed E-state index contributed by atoms with van der Waals surface area (Å²) < 4.78 is 10.8. The summed E-state index contributed by atoms with van der Waals surface area (Å²) in [6, 6.07) is 2.03. The van der Waals surface area contributed by atoms with Crippen molar-refractivity contribution >= 4 is 23.2 Å². The third kappa shape index (κ3) is 1.96. The number of alkyl halides is 2. The van der Waals surface area contributed by atoms with Crippen LogP contribution < -0.4 is 9.47 Å². The van der Waals surface area contributed by atoms with E-state index in [1.54, 1.807) is 0 Å². The van der Waals surface area contributed by atoms with Gasteiger partial charge in [-0.2, -0.15) is 0 Å². The van der Waals surface area contributed by atoms with Gasteiger partial charge in [-0.05, 0) is 23.6 Å². The minimum atomic E-state index is 0.274. The quantitative estimate of drug-likeness (QED) is 0.766. The smallest absolute Gasteiger partial charge is 0.231 e. The predicted molar refractivity (Wildman–Crippen MR) is 65.7 cm³/mol. The second-order valence-electron chi connectivity index (χ2n) is 3.74. The Balaban J connectivity index is 2.54. The van der Waals surface area contributed by atoms with Crippen LogP contribution in [0.5, 0.6) is 11.5 Å². The zero-order valence-corrected chi connectivity index (χ0v) is 10.7. The second kappa shape index (κ2) is 5.15. The summed E-state index contributed by atoms with van der Waals surface area (Å²) in [6.07, 6.45) is 2.06. The van der Waals surface area contributed by atoms with Crippen LogP contribution in [0.25, 0.3) is 0 Å². The molecular weight excluding hydrogens is 247 g/mol. The van der Waals surface area contributed by atoms with E-state index in [4.69, 9.17) is 32.7 Å². The summed E-state index contributed by atoms with van der Waals surface area (Å²) in [5.41, 5.74) is 3.30. The molecular formula is C12H14Cl2O2. The van der Waals surface area contributed by atoms with Crippen molar-refractivity contribution in [2.75, 3.05) is 6.79 Å². The molecule has 0 spiro atoms. The summed E-state index contributed by atoms with van der Waals surface area (Å²) in [5, 5.41) is 0. The van der Waals surface area contributed by atoms with Crippen LogP contribution in [0, 0.1) is 0 Å². The largest absolute Gasteiger partial charge is 0.454 e. The molecule has 2 nitrogen and oxygen atoms in total. The molecule has 1 aliphatic heterocycles. The van der Waals surface area contributed by atoms with E-state index in [0.717, 1.165) is 35.5 Å². The Hall–Kier alpha value is -0.600. The van der Waals surface area contributed by atoms with Gasteiger partial charge in [-0.25, -0.2) is 0 Å². The topological polar surface area (TPSA) is 18.5 Å². The van der Waals surface area contributed by atoms with Gasteiger partial charge in [0.05, 0.1) is 5.88 Å². The van der Waals surface area contributed by atoms with Gasteiger partial charge in [-0.15, -0.1) is 23.2 Å².